The van der Waals surface area contributed by atoms with Crippen molar-refractivity contribution >= 4 is 0 Å². The van der Waals surface area contributed by atoms with Crippen molar-refractivity contribution in [1.82, 2.24) is 4.90 Å². The van der Waals surface area contributed by atoms with Crippen LogP contribution in [-0.4, -0.2) is 60.2 Å². The van der Waals surface area contributed by atoms with Crippen LogP contribution in [0.2, 0.25) is 0 Å². The van der Waals surface area contributed by atoms with Crippen LogP contribution in [0, 0.1) is 0 Å². The lowest BCUT2D eigenvalue weighted by Gasteiger charge is -2.43. The zero-order valence-electron chi connectivity index (χ0n) is 16.9. The predicted octanol–water partition coefficient (Wildman–Crippen LogP) is 4.02. The first-order chi connectivity index (χ1) is 11.0. The topological polar surface area (TPSA) is 30.9 Å². The molecule has 4 heteroatoms. The number of hydrogen-bond donors (Lipinski definition) is 0. The van der Waals surface area contributed by atoms with Crippen LogP contribution in [-0.2, 0) is 14.2 Å². The van der Waals surface area contributed by atoms with Gasteiger partial charge in [0.05, 0.1) is 36.1 Å². The Morgan fingerprint density at radius 1 is 0.875 bits per heavy atom. The molecule has 0 amide bonds. The largest absolute Gasteiger partial charge is 0.375 e. The molecule has 1 aliphatic carbocycles. The van der Waals surface area contributed by atoms with Gasteiger partial charge in [-0.05, 0) is 74.1 Å². The van der Waals surface area contributed by atoms with E-state index in [1.165, 1.54) is 0 Å². The molecule has 2 fully saturated rings. The van der Waals surface area contributed by atoms with Crippen molar-refractivity contribution in [1.29, 1.82) is 0 Å². The minimum Gasteiger partial charge on any atom is -0.375 e. The fraction of sp³-hybridized carbons (Fsp3) is 1.00. The van der Waals surface area contributed by atoms with E-state index in [9.17, 15) is 0 Å². The van der Waals surface area contributed by atoms with Crippen molar-refractivity contribution < 1.29 is 14.2 Å². The minimum absolute atomic E-state index is 0.0371. The summed E-state index contributed by atoms with van der Waals surface area (Å²) in [6.45, 7) is 18.0. The maximum Gasteiger partial charge on any atom is 0.0631 e. The standard InChI is InChI=1S/C20H39NO3/c1-15-12-16(8-9-21(15)10-11-22-19(2,3)4)23-17-13-18(14-17)24-20(5,6)7/h15-18H,8-14H2,1-7H3. The van der Waals surface area contributed by atoms with Crippen LogP contribution in [0.15, 0.2) is 0 Å². The molecule has 2 atom stereocenters. The summed E-state index contributed by atoms with van der Waals surface area (Å²) in [5.41, 5.74) is -0.0782. The zero-order chi connectivity index (χ0) is 18.0. The van der Waals surface area contributed by atoms with Crippen LogP contribution in [0.4, 0.5) is 0 Å². The Hall–Kier alpha value is -0.160. The second-order valence-corrected chi connectivity index (χ2v) is 9.57. The van der Waals surface area contributed by atoms with Gasteiger partial charge in [0.1, 0.15) is 0 Å². The highest BCUT2D eigenvalue weighted by molar-refractivity contribution is 4.86. The molecule has 2 aliphatic rings. The summed E-state index contributed by atoms with van der Waals surface area (Å²) in [6.07, 6.45) is 5.61. The number of piperidine rings is 1. The van der Waals surface area contributed by atoms with Crippen molar-refractivity contribution in [3.8, 4) is 0 Å². The Labute approximate surface area is 149 Å². The first kappa shape index (κ1) is 20.2. The molecule has 0 aromatic heterocycles. The van der Waals surface area contributed by atoms with E-state index in [4.69, 9.17) is 14.2 Å². The van der Waals surface area contributed by atoms with Crippen LogP contribution < -0.4 is 0 Å². The average molecular weight is 342 g/mol. The number of ether oxygens (including phenoxy) is 3. The van der Waals surface area contributed by atoms with E-state index in [-0.39, 0.29) is 11.2 Å². The van der Waals surface area contributed by atoms with Gasteiger partial charge in [0, 0.05) is 19.1 Å². The third kappa shape index (κ3) is 6.99. The first-order valence-electron chi connectivity index (χ1n) is 9.73. The summed E-state index contributed by atoms with van der Waals surface area (Å²) >= 11 is 0. The smallest absolute Gasteiger partial charge is 0.0631 e. The van der Waals surface area contributed by atoms with E-state index in [2.05, 4.69) is 53.4 Å². The van der Waals surface area contributed by atoms with Crippen molar-refractivity contribution in [2.24, 2.45) is 0 Å². The molecule has 24 heavy (non-hydrogen) atoms. The number of hydrogen-bond acceptors (Lipinski definition) is 4. The van der Waals surface area contributed by atoms with Crippen molar-refractivity contribution in [2.45, 2.75) is 110 Å². The van der Waals surface area contributed by atoms with E-state index < -0.39 is 0 Å². The molecule has 0 N–H and O–H groups in total. The molecule has 4 nitrogen and oxygen atoms in total. The summed E-state index contributed by atoms with van der Waals surface area (Å²) in [7, 11) is 0. The molecular weight excluding hydrogens is 302 g/mol. The van der Waals surface area contributed by atoms with Gasteiger partial charge >= 0.3 is 0 Å². The molecule has 0 aromatic rings. The molecule has 1 saturated carbocycles. The molecule has 0 spiro atoms. The minimum atomic E-state index is -0.0411. The molecule has 0 radical (unpaired) electrons. The Bertz CT molecular complexity index is 379. The van der Waals surface area contributed by atoms with E-state index in [1.54, 1.807) is 0 Å². The van der Waals surface area contributed by atoms with Gasteiger partial charge in [-0.3, -0.25) is 4.90 Å². The maximum absolute atomic E-state index is 6.31. The van der Waals surface area contributed by atoms with Gasteiger partial charge in [-0.25, -0.2) is 0 Å². The molecule has 2 rings (SSSR count). The Morgan fingerprint density at radius 2 is 1.54 bits per heavy atom. The summed E-state index contributed by atoms with van der Waals surface area (Å²) in [5, 5.41) is 0. The van der Waals surface area contributed by atoms with E-state index in [1.807, 2.05) is 0 Å². The molecule has 1 saturated heterocycles. The van der Waals surface area contributed by atoms with Crippen molar-refractivity contribution in [3.05, 3.63) is 0 Å². The third-order valence-electron chi connectivity index (χ3n) is 4.84. The molecule has 0 aromatic carbocycles. The van der Waals surface area contributed by atoms with Crippen molar-refractivity contribution in [2.75, 3.05) is 19.7 Å². The number of rotatable bonds is 6. The van der Waals surface area contributed by atoms with Crippen LogP contribution in [0.3, 0.4) is 0 Å². The zero-order valence-corrected chi connectivity index (χ0v) is 16.9. The fourth-order valence-corrected chi connectivity index (χ4v) is 3.60. The number of nitrogens with zero attached hydrogens (tertiary/aromatic N) is 1. The van der Waals surface area contributed by atoms with E-state index in [0.29, 0.717) is 24.4 Å². The summed E-state index contributed by atoms with van der Waals surface area (Å²) in [4.78, 5) is 2.54. The van der Waals surface area contributed by atoms with E-state index in [0.717, 1.165) is 45.4 Å². The highest BCUT2D eigenvalue weighted by atomic mass is 16.5. The molecule has 142 valence electrons. The monoisotopic (exact) mass is 341 g/mol. The van der Waals surface area contributed by atoms with Gasteiger partial charge in [-0.15, -0.1) is 0 Å². The second kappa shape index (κ2) is 8.03. The molecule has 1 heterocycles. The second-order valence-electron chi connectivity index (χ2n) is 9.57. The summed E-state index contributed by atoms with van der Waals surface area (Å²) < 4.78 is 18.2. The average Bonchev–Trinajstić information content (AvgIpc) is 2.36. The lowest BCUT2D eigenvalue weighted by atomic mass is 9.90. The lowest BCUT2D eigenvalue weighted by molar-refractivity contribution is -0.170. The molecule has 2 unspecified atom stereocenters. The van der Waals surface area contributed by atoms with Crippen LogP contribution in [0.5, 0.6) is 0 Å². The highest BCUT2D eigenvalue weighted by Gasteiger charge is 2.36. The van der Waals surface area contributed by atoms with Crippen LogP contribution in [0.1, 0.15) is 74.1 Å². The third-order valence-corrected chi connectivity index (χ3v) is 4.84. The van der Waals surface area contributed by atoms with Gasteiger partial charge in [0.25, 0.3) is 0 Å². The van der Waals surface area contributed by atoms with Crippen molar-refractivity contribution in [3.63, 3.8) is 0 Å². The van der Waals surface area contributed by atoms with Gasteiger partial charge in [0.15, 0.2) is 0 Å². The SMILES string of the molecule is CC1CC(OC2CC(OC(C)(C)C)C2)CCN1CCOC(C)(C)C. The molecule has 1 aliphatic heterocycles. The Balaban J connectivity index is 1.62. The first-order valence-corrected chi connectivity index (χ1v) is 9.73. The maximum atomic E-state index is 6.31. The van der Waals surface area contributed by atoms with E-state index >= 15 is 0 Å². The molecular formula is C20H39NO3. The predicted molar refractivity (Wildman–Crippen MR) is 98.5 cm³/mol. The van der Waals surface area contributed by atoms with Gasteiger partial charge in [0.2, 0.25) is 0 Å². The Kier molecular flexibility index (Phi) is 6.74. The Morgan fingerprint density at radius 3 is 2.08 bits per heavy atom. The summed E-state index contributed by atoms with van der Waals surface area (Å²) in [6, 6.07) is 0.578. The normalized spacial score (nSPS) is 32.6. The van der Waals surface area contributed by atoms with Crippen LogP contribution in [0.25, 0.3) is 0 Å². The van der Waals surface area contributed by atoms with Gasteiger partial charge in [-0.2, -0.15) is 0 Å². The fourth-order valence-electron chi connectivity index (χ4n) is 3.60. The number of likely N-dealkylation sites (tertiary alicyclic amines) is 1. The quantitative estimate of drug-likeness (QED) is 0.730. The van der Waals surface area contributed by atoms with Gasteiger partial charge in [-0.1, -0.05) is 0 Å². The lowest BCUT2D eigenvalue weighted by Crippen LogP contribution is -2.48. The molecule has 0 bridgehead atoms. The summed E-state index contributed by atoms with van der Waals surface area (Å²) in [5.74, 6) is 0. The highest BCUT2D eigenvalue weighted by Crippen LogP contribution is 2.32. The van der Waals surface area contributed by atoms with Crippen LogP contribution >= 0.6 is 0 Å². The van der Waals surface area contributed by atoms with Gasteiger partial charge < -0.3 is 14.2 Å².